The summed E-state index contributed by atoms with van der Waals surface area (Å²) in [5.41, 5.74) is -0.0364. The quantitative estimate of drug-likeness (QED) is 0.393. The number of amides is 1. The molecule has 1 aromatic carbocycles. The van der Waals surface area contributed by atoms with Gasteiger partial charge in [-0.05, 0) is 6.07 Å². The smallest absolute Gasteiger partial charge is 0.270 e. The first-order valence-corrected chi connectivity index (χ1v) is 6.39. The topological polar surface area (TPSA) is 96.0 Å². The number of hydrazone groups is 1. The van der Waals surface area contributed by atoms with Gasteiger partial charge in [0.25, 0.3) is 11.6 Å². The highest BCUT2D eigenvalue weighted by molar-refractivity contribution is 8.23. The highest BCUT2D eigenvalue weighted by atomic mass is 32.2. The summed E-state index contributed by atoms with van der Waals surface area (Å²) in [5.74, 6) is -0.215. The maximum atomic E-state index is 11.4. The molecule has 7 nitrogen and oxygen atoms in total. The summed E-state index contributed by atoms with van der Waals surface area (Å²) in [6.45, 7) is 0. The van der Waals surface area contributed by atoms with Crippen molar-refractivity contribution in [2.75, 3.05) is 5.75 Å². The van der Waals surface area contributed by atoms with Gasteiger partial charge in [-0.15, -0.1) is 0 Å². The first-order valence-electron chi connectivity index (χ1n) is 5.00. The minimum atomic E-state index is -0.585. The number of rotatable bonds is 3. The summed E-state index contributed by atoms with van der Waals surface area (Å²) < 4.78 is 0.311. The van der Waals surface area contributed by atoms with Crippen LogP contribution in [0.5, 0.6) is 5.75 Å². The number of phenols is 1. The number of carbonyl (C=O) groups is 1. The van der Waals surface area contributed by atoms with Crippen LogP contribution in [-0.4, -0.2) is 37.2 Å². The summed E-state index contributed by atoms with van der Waals surface area (Å²) in [5, 5.41) is 25.0. The van der Waals surface area contributed by atoms with Crippen molar-refractivity contribution in [3.63, 3.8) is 0 Å². The van der Waals surface area contributed by atoms with Gasteiger partial charge in [0.1, 0.15) is 5.75 Å². The number of hydrogen-bond acceptors (Lipinski definition) is 7. The van der Waals surface area contributed by atoms with Gasteiger partial charge < -0.3 is 5.11 Å². The number of aromatic hydroxyl groups is 1. The van der Waals surface area contributed by atoms with Crippen LogP contribution < -0.4 is 0 Å². The number of benzene rings is 1. The molecule has 1 amide bonds. The lowest BCUT2D eigenvalue weighted by Gasteiger charge is -2.06. The predicted octanol–water partition coefficient (Wildman–Crippen LogP) is 1.49. The maximum absolute atomic E-state index is 11.4. The lowest BCUT2D eigenvalue weighted by Crippen LogP contribution is -2.22. The van der Waals surface area contributed by atoms with Crippen molar-refractivity contribution >= 4 is 46.1 Å². The zero-order valence-corrected chi connectivity index (χ0v) is 11.0. The monoisotopic (exact) mass is 297 g/mol. The number of thiocarbonyl (C=S) groups is 1. The molecule has 0 saturated carbocycles. The van der Waals surface area contributed by atoms with Crippen molar-refractivity contribution < 1.29 is 14.8 Å². The SMILES string of the molecule is O=C1CSC(=S)N1/N=C/c1cc([N+](=O)[O-])ccc1O. The molecule has 1 aliphatic rings. The first-order chi connectivity index (χ1) is 8.99. The van der Waals surface area contributed by atoms with E-state index in [0.717, 1.165) is 11.1 Å². The van der Waals surface area contributed by atoms with Gasteiger partial charge in [-0.2, -0.15) is 10.1 Å². The Balaban J connectivity index is 2.27. The van der Waals surface area contributed by atoms with Crippen molar-refractivity contribution in [2.24, 2.45) is 5.10 Å². The van der Waals surface area contributed by atoms with Crippen molar-refractivity contribution in [2.45, 2.75) is 0 Å². The molecule has 2 rings (SSSR count). The average molecular weight is 297 g/mol. The second-order valence-electron chi connectivity index (χ2n) is 3.50. The number of non-ortho nitro benzene ring substituents is 1. The summed E-state index contributed by atoms with van der Waals surface area (Å²) >= 11 is 6.10. The number of carbonyl (C=O) groups excluding carboxylic acids is 1. The number of hydrogen-bond donors (Lipinski definition) is 1. The number of nitro groups is 1. The molecule has 1 heterocycles. The minimum Gasteiger partial charge on any atom is -0.507 e. The van der Waals surface area contributed by atoms with E-state index in [1.165, 1.54) is 30.1 Å². The van der Waals surface area contributed by atoms with E-state index in [1.807, 2.05) is 0 Å². The van der Waals surface area contributed by atoms with E-state index in [-0.39, 0.29) is 28.7 Å². The van der Waals surface area contributed by atoms with E-state index in [9.17, 15) is 20.0 Å². The number of thioether (sulfide) groups is 1. The molecular formula is C10H7N3O4S2. The van der Waals surface area contributed by atoms with Crippen LogP contribution in [0.25, 0.3) is 0 Å². The second-order valence-corrected chi connectivity index (χ2v) is 5.11. The van der Waals surface area contributed by atoms with Gasteiger partial charge >= 0.3 is 0 Å². The van der Waals surface area contributed by atoms with Crippen LogP contribution in [0.2, 0.25) is 0 Å². The Morgan fingerprint density at radius 3 is 2.89 bits per heavy atom. The number of nitrogens with zero attached hydrogens (tertiary/aromatic N) is 3. The maximum Gasteiger partial charge on any atom is 0.270 e. The van der Waals surface area contributed by atoms with E-state index in [2.05, 4.69) is 5.10 Å². The Bertz CT molecular complexity index is 586. The fourth-order valence-corrected chi connectivity index (χ4v) is 2.30. The highest BCUT2D eigenvalue weighted by Crippen LogP contribution is 2.23. The number of phenolic OH excluding ortho intramolecular Hbond substituents is 1. The predicted molar refractivity (Wildman–Crippen MR) is 74.3 cm³/mol. The third-order valence-electron chi connectivity index (χ3n) is 2.26. The Kier molecular flexibility index (Phi) is 3.76. The summed E-state index contributed by atoms with van der Waals surface area (Å²) in [4.78, 5) is 21.4. The molecule has 0 spiro atoms. The molecule has 0 radical (unpaired) electrons. The van der Waals surface area contributed by atoms with Crippen molar-refractivity contribution in [1.29, 1.82) is 0 Å². The fourth-order valence-electron chi connectivity index (χ4n) is 1.34. The van der Waals surface area contributed by atoms with Gasteiger partial charge in [-0.3, -0.25) is 14.9 Å². The second kappa shape index (κ2) is 5.33. The Labute approximate surface area is 117 Å². The molecule has 1 fully saturated rings. The summed E-state index contributed by atoms with van der Waals surface area (Å²) in [6.07, 6.45) is 1.17. The van der Waals surface area contributed by atoms with Crippen LogP contribution in [0.1, 0.15) is 5.56 Å². The third kappa shape index (κ3) is 2.88. The van der Waals surface area contributed by atoms with Crippen molar-refractivity contribution in [3.8, 4) is 5.75 Å². The van der Waals surface area contributed by atoms with Gasteiger partial charge in [0.15, 0.2) is 4.32 Å². The first kappa shape index (κ1) is 13.4. The zero-order chi connectivity index (χ0) is 14.0. The fraction of sp³-hybridized carbons (Fsp3) is 0.100. The molecule has 1 N–H and O–H groups in total. The van der Waals surface area contributed by atoms with Crippen LogP contribution in [0.15, 0.2) is 23.3 Å². The van der Waals surface area contributed by atoms with E-state index >= 15 is 0 Å². The van der Waals surface area contributed by atoms with Crippen LogP contribution in [0.4, 0.5) is 5.69 Å². The normalized spacial score (nSPS) is 15.5. The molecule has 1 aromatic rings. The van der Waals surface area contributed by atoms with E-state index in [1.54, 1.807) is 0 Å². The van der Waals surface area contributed by atoms with Crippen molar-refractivity contribution in [1.82, 2.24) is 5.01 Å². The molecule has 0 atom stereocenters. The van der Waals surface area contributed by atoms with Gasteiger partial charge in [0.2, 0.25) is 0 Å². The molecule has 1 saturated heterocycles. The molecule has 0 aliphatic carbocycles. The Morgan fingerprint density at radius 2 is 2.32 bits per heavy atom. The Morgan fingerprint density at radius 1 is 1.58 bits per heavy atom. The highest BCUT2D eigenvalue weighted by Gasteiger charge is 2.26. The molecule has 0 aromatic heterocycles. The third-order valence-corrected chi connectivity index (χ3v) is 3.60. The average Bonchev–Trinajstić information content (AvgIpc) is 2.68. The van der Waals surface area contributed by atoms with E-state index in [0.29, 0.717) is 4.32 Å². The molecule has 9 heteroatoms. The standard InChI is InChI=1S/C10H7N3O4S2/c14-8-2-1-7(13(16)17)3-6(8)4-11-12-9(15)5-19-10(12)18/h1-4,14H,5H2/b11-4+. The largest absolute Gasteiger partial charge is 0.507 e. The molecule has 98 valence electrons. The molecule has 0 unspecified atom stereocenters. The van der Waals surface area contributed by atoms with Gasteiger partial charge in [0, 0.05) is 17.7 Å². The molecule has 1 aliphatic heterocycles. The summed E-state index contributed by atoms with van der Waals surface area (Å²) in [6, 6.07) is 3.53. The molecular weight excluding hydrogens is 290 g/mol. The van der Waals surface area contributed by atoms with Gasteiger partial charge in [-0.25, -0.2) is 0 Å². The van der Waals surface area contributed by atoms with Crippen LogP contribution in [-0.2, 0) is 4.79 Å². The molecule has 0 bridgehead atoms. The summed E-state index contributed by atoms with van der Waals surface area (Å²) in [7, 11) is 0. The van der Waals surface area contributed by atoms with Crippen LogP contribution in [0.3, 0.4) is 0 Å². The minimum absolute atomic E-state index is 0.140. The van der Waals surface area contributed by atoms with Gasteiger partial charge in [-0.1, -0.05) is 24.0 Å². The van der Waals surface area contributed by atoms with E-state index < -0.39 is 4.92 Å². The van der Waals surface area contributed by atoms with Crippen LogP contribution in [0, 0.1) is 10.1 Å². The lowest BCUT2D eigenvalue weighted by molar-refractivity contribution is -0.384. The lowest BCUT2D eigenvalue weighted by atomic mass is 10.2. The number of nitro benzene ring substituents is 1. The van der Waals surface area contributed by atoms with E-state index in [4.69, 9.17) is 12.2 Å². The Hall–Kier alpha value is -2.00. The zero-order valence-electron chi connectivity index (χ0n) is 9.35. The van der Waals surface area contributed by atoms with Gasteiger partial charge in [0.05, 0.1) is 16.9 Å². The van der Waals surface area contributed by atoms with Crippen molar-refractivity contribution in [3.05, 3.63) is 33.9 Å². The molecule has 19 heavy (non-hydrogen) atoms. The van der Waals surface area contributed by atoms with Crippen LogP contribution >= 0.6 is 24.0 Å².